The Morgan fingerprint density at radius 1 is 1.19 bits per heavy atom. The Labute approximate surface area is 158 Å². The summed E-state index contributed by atoms with van der Waals surface area (Å²) in [4.78, 5) is 24.8. The van der Waals surface area contributed by atoms with E-state index in [1.54, 1.807) is 24.3 Å². The van der Waals surface area contributed by atoms with Gasteiger partial charge in [0.2, 0.25) is 0 Å². The molecule has 0 radical (unpaired) electrons. The lowest BCUT2D eigenvalue weighted by molar-refractivity contribution is 0.0902. The molecule has 0 bridgehead atoms. The van der Waals surface area contributed by atoms with E-state index in [9.17, 15) is 9.59 Å². The number of carbonyl (C=O) groups is 2. The van der Waals surface area contributed by atoms with Crippen LogP contribution in [0, 0.1) is 6.92 Å². The van der Waals surface area contributed by atoms with Crippen molar-refractivity contribution in [3.8, 4) is 0 Å². The van der Waals surface area contributed by atoms with Crippen LogP contribution in [0.3, 0.4) is 0 Å². The summed E-state index contributed by atoms with van der Waals surface area (Å²) in [6, 6.07) is 8.50. The van der Waals surface area contributed by atoms with Crippen LogP contribution in [-0.2, 0) is 0 Å². The number of rotatable bonds is 5. The molecule has 1 aliphatic rings. The van der Waals surface area contributed by atoms with Gasteiger partial charge in [-0.3, -0.25) is 9.59 Å². The predicted molar refractivity (Wildman–Crippen MR) is 103 cm³/mol. The number of anilines is 1. The van der Waals surface area contributed by atoms with E-state index < -0.39 is 0 Å². The van der Waals surface area contributed by atoms with Gasteiger partial charge in [-0.25, -0.2) is 0 Å². The van der Waals surface area contributed by atoms with Gasteiger partial charge in [0, 0.05) is 17.8 Å². The number of nitrogens with one attached hydrogen (secondary N) is 2. The van der Waals surface area contributed by atoms with Crippen LogP contribution in [0.25, 0.3) is 0 Å². The van der Waals surface area contributed by atoms with Gasteiger partial charge < -0.3 is 20.8 Å². The summed E-state index contributed by atoms with van der Waals surface area (Å²) < 4.78 is 5.10. The second kappa shape index (κ2) is 8.38. The van der Waals surface area contributed by atoms with Crippen molar-refractivity contribution in [2.24, 2.45) is 5.73 Å². The molecule has 0 atom stereocenters. The first kappa shape index (κ1) is 20.0. The van der Waals surface area contributed by atoms with Crippen molar-refractivity contribution in [2.75, 3.05) is 11.9 Å². The summed E-state index contributed by atoms with van der Waals surface area (Å²) in [5.74, 6) is -0.289. The van der Waals surface area contributed by atoms with Crippen LogP contribution < -0.4 is 16.4 Å². The van der Waals surface area contributed by atoms with Crippen molar-refractivity contribution >= 4 is 29.9 Å². The van der Waals surface area contributed by atoms with E-state index in [0.29, 0.717) is 17.8 Å². The van der Waals surface area contributed by atoms with Gasteiger partial charge in [-0.05, 0) is 49.6 Å². The summed E-state index contributed by atoms with van der Waals surface area (Å²) in [6.07, 6.45) is 5.41. The van der Waals surface area contributed by atoms with E-state index >= 15 is 0 Å². The third-order valence-corrected chi connectivity index (χ3v) is 4.82. The van der Waals surface area contributed by atoms with Gasteiger partial charge >= 0.3 is 0 Å². The predicted octanol–water partition coefficient (Wildman–Crippen LogP) is 3.26. The number of hydrogen-bond acceptors (Lipinski definition) is 4. The quantitative estimate of drug-likeness (QED) is 0.744. The fourth-order valence-electron chi connectivity index (χ4n) is 3.23. The Morgan fingerprint density at radius 3 is 2.54 bits per heavy atom. The first-order chi connectivity index (χ1) is 12.0. The molecule has 1 fully saturated rings. The van der Waals surface area contributed by atoms with E-state index in [1.165, 1.54) is 6.26 Å². The lowest BCUT2D eigenvalue weighted by atomic mass is 9.97. The average Bonchev–Trinajstić information content (AvgIpc) is 3.29. The number of aryl methyl sites for hydroxylation is 1. The van der Waals surface area contributed by atoms with E-state index in [0.717, 1.165) is 31.2 Å². The van der Waals surface area contributed by atoms with Gasteiger partial charge in [0.05, 0.1) is 11.8 Å². The van der Waals surface area contributed by atoms with Crippen molar-refractivity contribution in [2.45, 2.75) is 38.1 Å². The first-order valence-electron chi connectivity index (χ1n) is 8.51. The number of furan rings is 1. The largest absolute Gasteiger partial charge is 0.459 e. The zero-order valence-electron chi connectivity index (χ0n) is 14.7. The Morgan fingerprint density at radius 2 is 1.92 bits per heavy atom. The number of hydrogen-bond donors (Lipinski definition) is 3. The number of nitrogens with two attached hydrogens (primary N) is 1. The number of benzene rings is 1. The third kappa shape index (κ3) is 4.26. The molecular formula is C19H24ClN3O3. The highest BCUT2D eigenvalue weighted by molar-refractivity contribution is 6.04. The molecule has 0 spiro atoms. The molecule has 7 heteroatoms. The van der Waals surface area contributed by atoms with E-state index in [4.69, 9.17) is 10.2 Å². The second-order valence-electron chi connectivity index (χ2n) is 6.61. The number of amides is 2. The maximum Gasteiger partial charge on any atom is 0.291 e. The molecule has 1 aromatic carbocycles. The highest BCUT2D eigenvalue weighted by Gasteiger charge is 2.34. The normalized spacial score (nSPS) is 15.2. The van der Waals surface area contributed by atoms with Gasteiger partial charge in [0.15, 0.2) is 5.76 Å². The molecular weight excluding hydrogens is 354 g/mol. The Hall–Kier alpha value is -2.31. The summed E-state index contributed by atoms with van der Waals surface area (Å²) >= 11 is 0. The van der Waals surface area contributed by atoms with Crippen LogP contribution >= 0.6 is 12.4 Å². The molecule has 0 unspecified atom stereocenters. The van der Waals surface area contributed by atoms with Crippen LogP contribution in [0.2, 0.25) is 0 Å². The molecule has 6 nitrogen and oxygen atoms in total. The minimum atomic E-state index is -0.347. The van der Waals surface area contributed by atoms with Crippen LogP contribution in [0.15, 0.2) is 41.0 Å². The summed E-state index contributed by atoms with van der Waals surface area (Å²) in [5, 5.41) is 5.88. The topological polar surface area (TPSA) is 97.4 Å². The maximum atomic E-state index is 12.6. The van der Waals surface area contributed by atoms with Crippen molar-refractivity contribution < 1.29 is 14.0 Å². The SMILES string of the molecule is Cc1ccc(C(=O)NC2(CN)CCCC2)cc1NC(=O)c1ccco1.Cl. The van der Waals surface area contributed by atoms with Crippen molar-refractivity contribution in [1.82, 2.24) is 5.32 Å². The van der Waals surface area contributed by atoms with E-state index in [-0.39, 0.29) is 35.5 Å². The van der Waals surface area contributed by atoms with Gasteiger partial charge in [-0.2, -0.15) is 0 Å². The smallest absolute Gasteiger partial charge is 0.291 e. The zero-order chi connectivity index (χ0) is 17.9. The first-order valence-corrected chi connectivity index (χ1v) is 8.51. The Kier molecular flexibility index (Phi) is 6.45. The van der Waals surface area contributed by atoms with Crippen LogP contribution in [-0.4, -0.2) is 23.9 Å². The van der Waals surface area contributed by atoms with E-state index in [1.807, 2.05) is 13.0 Å². The standard InChI is InChI=1S/C19H23N3O3.ClH/c1-13-6-7-14(17(23)22-19(12-20)8-2-3-9-19)11-15(13)21-18(24)16-5-4-10-25-16;/h4-7,10-11H,2-3,8-9,12,20H2,1H3,(H,21,24)(H,22,23);1H. The third-order valence-electron chi connectivity index (χ3n) is 4.82. The average molecular weight is 378 g/mol. The number of halogens is 1. The second-order valence-corrected chi connectivity index (χ2v) is 6.61. The molecule has 3 rings (SSSR count). The molecule has 0 aliphatic heterocycles. The Balaban J connectivity index is 0.00000243. The lowest BCUT2D eigenvalue weighted by Crippen LogP contribution is -2.51. The summed E-state index contributed by atoms with van der Waals surface area (Å²) in [5.41, 5.74) is 7.53. The van der Waals surface area contributed by atoms with Crippen LogP contribution in [0.4, 0.5) is 5.69 Å². The fourth-order valence-corrected chi connectivity index (χ4v) is 3.23. The van der Waals surface area contributed by atoms with Crippen LogP contribution in [0.5, 0.6) is 0 Å². The molecule has 1 aliphatic carbocycles. The molecule has 0 saturated heterocycles. The minimum Gasteiger partial charge on any atom is -0.459 e. The molecule has 4 N–H and O–H groups in total. The molecule has 2 amide bonds. The summed E-state index contributed by atoms with van der Waals surface area (Å²) in [7, 11) is 0. The molecule has 1 heterocycles. The molecule has 26 heavy (non-hydrogen) atoms. The van der Waals surface area contributed by atoms with Gasteiger partial charge in [-0.15, -0.1) is 12.4 Å². The van der Waals surface area contributed by atoms with Crippen LogP contribution in [0.1, 0.15) is 52.2 Å². The lowest BCUT2D eigenvalue weighted by Gasteiger charge is -2.28. The number of carbonyl (C=O) groups excluding carboxylic acids is 2. The molecule has 1 aromatic heterocycles. The van der Waals surface area contributed by atoms with Crippen molar-refractivity contribution in [1.29, 1.82) is 0 Å². The highest BCUT2D eigenvalue weighted by Crippen LogP contribution is 2.29. The Bertz CT molecular complexity index is 768. The van der Waals surface area contributed by atoms with Gasteiger partial charge in [0.25, 0.3) is 11.8 Å². The fraction of sp³-hybridized carbons (Fsp3) is 0.368. The monoisotopic (exact) mass is 377 g/mol. The van der Waals surface area contributed by atoms with E-state index in [2.05, 4.69) is 10.6 Å². The molecule has 140 valence electrons. The van der Waals surface area contributed by atoms with Gasteiger partial charge in [-0.1, -0.05) is 18.9 Å². The summed E-state index contributed by atoms with van der Waals surface area (Å²) in [6.45, 7) is 2.31. The maximum absolute atomic E-state index is 12.6. The van der Waals surface area contributed by atoms with Crippen molar-refractivity contribution in [3.63, 3.8) is 0 Å². The highest BCUT2D eigenvalue weighted by atomic mass is 35.5. The molecule has 1 saturated carbocycles. The minimum absolute atomic E-state index is 0. The zero-order valence-corrected chi connectivity index (χ0v) is 15.5. The van der Waals surface area contributed by atoms with Gasteiger partial charge in [0.1, 0.15) is 0 Å². The molecule has 2 aromatic rings. The van der Waals surface area contributed by atoms with Crippen molar-refractivity contribution in [3.05, 3.63) is 53.5 Å².